The molecule has 1 amide bonds. The van der Waals surface area contributed by atoms with Gasteiger partial charge in [0.1, 0.15) is 0 Å². The first kappa shape index (κ1) is 20.7. The fourth-order valence-corrected chi connectivity index (χ4v) is 1.68. The van der Waals surface area contributed by atoms with E-state index in [9.17, 15) is 4.79 Å². The lowest BCUT2D eigenvalue weighted by molar-refractivity contribution is 0.0955. The van der Waals surface area contributed by atoms with Crippen LogP contribution in [0.5, 0.6) is 0 Å². The Morgan fingerprint density at radius 1 is 1.27 bits per heavy atom. The number of carbonyl (C=O) groups excluding carboxylic acids is 1. The van der Waals surface area contributed by atoms with Gasteiger partial charge < -0.3 is 16.0 Å². The van der Waals surface area contributed by atoms with E-state index in [2.05, 4.69) is 27.5 Å². The maximum atomic E-state index is 11.9. The molecular formula is C15H22ClIN4O. The Morgan fingerprint density at radius 3 is 2.55 bits per heavy atom. The van der Waals surface area contributed by atoms with Crippen molar-refractivity contribution < 1.29 is 4.79 Å². The first-order valence-corrected chi connectivity index (χ1v) is 7.22. The molecule has 0 unspecified atom stereocenters. The van der Waals surface area contributed by atoms with E-state index in [-0.39, 0.29) is 29.9 Å². The van der Waals surface area contributed by atoms with E-state index in [0.29, 0.717) is 36.2 Å². The van der Waals surface area contributed by atoms with Crippen LogP contribution in [-0.2, 0) is 0 Å². The van der Waals surface area contributed by atoms with E-state index in [1.54, 1.807) is 30.3 Å². The lowest BCUT2D eigenvalue weighted by Gasteiger charge is -2.09. The number of halogens is 2. The number of hydrogen-bond donors (Lipinski definition) is 3. The molecule has 5 nitrogen and oxygen atoms in total. The SMILES string of the molecule is C=CCNC(=NCCNC(=O)c1ccc(Cl)cc1)NCC.I. The van der Waals surface area contributed by atoms with Gasteiger partial charge in [0, 0.05) is 30.2 Å². The predicted molar refractivity (Wildman–Crippen MR) is 103 cm³/mol. The van der Waals surface area contributed by atoms with Crippen molar-refractivity contribution in [2.24, 2.45) is 4.99 Å². The normalized spacial score (nSPS) is 10.4. The monoisotopic (exact) mass is 436 g/mol. The molecular weight excluding hydrogens is 415 g/mol. The molecule has 1 rings (SSSR count). The predicted octanol–water partition coefficient (Wildman–Crippen LogP) is 2.43. The first-order chi connectivity index (χ1) is 10.2. The van der Waals surface area contributed by atoms with Gasteiger partial charge in [0.2, 0.25) is 0 Å². The minimum atomic E-state index is -0.133. The summed E-state index contributed by atoms with van der Waals surface area (Å²) in [5.74, 6) is 0.573. The van der Waals surface area contributed by atoms with Gasteiger partial charge in [0.05, 0.1) is 6.54 Å². The second-order valence-electron chi connectivity index (χ2n) is 4.19. The van der Waals surface area contributed by atoms with Crippen molar-refractivity contribution in [2.75, 3.05) is 26.2 Å². The maximum absolute atomic E-state index is 11.9. The molecule has 0 aliphatic heterocycles. The first-order valence-electron chi connectivity index (χ1n) is 6.84. The highest BCUT2D eigenvalue weighted by atomic mass is 127. The third-order valence-electron chi connectivity index (χ3n) is 2.53. The number of amides is 1. The van der Waals surface area contributed by atoms with Crippen LogP contribution in [0.2, 0.25) is 5.02 Å². The van der Waals surface area contributed by atoms with Crippen molar-refractivity contribution in [3.63, 3.8) is 0 Å². The Labute approximate surface area is 153 Å². The van der Waals surface area contributed by atoms with Crippen LogP contribution < -0.4 is 16.0 Å². The topological polar surface area (TPSA) is 65.5 Å². The molecule has 22 heavy (non-hydrogen) atoms. The van der Waals surface area contributed by atoms with Gasteiger partial charge in [-0.15, -0.1) is 30.6 Å². The Hall–Kier alpha value is -1.28. The van der Waals surface area contributed by atoms with Gasteiger partial charge >= 0.3 is 0 Å². The Morgan fingerprint density at radius 2 is 1.95 bits per heavy atom. The smallest absolute Gasteiger partial charge is 0.251 e. The largest absolute Gasteiger partial charge is 0.357 e. The molecule has 1 aromatic carbocycles. The van der Waals surface area contributed by atoms with Crippen molar-refractivity contribution in [1.29, 1.82) is 0 Å². The van der Waals surface area contributed by atoms with Crippen molar-refractivity contribution in [1.82, 2.24) is 16.0 Å². The summed E-state index contributed by atoms with van der Waals surface area (Å²) in [6.07, 6.45) is 1.76. The minimum absolute atomic E-state index is 0. The Bertz CT molecular complexity index is 491. The zero-order chi connectivity index (χ0) is 15.5. The van der Waals surface area contributed by atoms with Gasteiger partial charge in [-0.3, -0.25) is 9.79 Å². The van der Waals surface area contributed by atoms with Gasteiger partial charge in [0.25, 0.3) is 5.91 Å². The molecule has 0 aliphatic carbocycles. The second-order valence-corrected chi connectivity index (χ2v) is 4.63. The van der Waals surface area contributed by atoms with Crippen LogP contribution in [0.4, 0.5) is 0 Å². The molecule has 0 heterocycles. The van der Waals surface area contributed by atoms with E-state index in [1.807, 2.05) is 6.92 Å². The number of aliphatic imine (C=N–C) groups is 1. The third kappa shape index (κ3) is 8.23. The average molecular weight is 437 g/mol. The van der Waals surface area contributed by atoms with Crippen molar-refractivity contribution >= 4 is 47.4 Å². The van der Waals surface area contributed by atoms with Crippen LogP contribution in [-0.4, -0.2) is 38.0 Å². The highest BCUT2D eigenvalue weighted by molar-refractivity contribution is 14.0. The number of nitrogens with one attached hydrogen (secondary N) is 3. The number of carbonyl (C=O) groups is 1. The molecule has 0 aromatic heterocycles. The number of rotatable bonds is 7. The van der Waals surface area contributed by atoms with Crippen molar-refractivity contribution in [3.8, 4) is 0 Å². The van der Waals surface area contributed by atoms with Crippen molar-refractivity contribution in [2.45, 2.75) is 6.92 Å². The fourth-order valence-electron chi connectivity index (χ4n) is 1.55. The average Bonchev–Trinajstić information content (AvgIpc) is 2.49. The Balaban J connectivity index is 0.00000441. The third-order valence-corrected chi connectivity index (χ3v) is 2.78. The minimum Gasteiger partial charge on any atom is -0.357 e. The van der Waals surface area contributed by atoms with Gasteiger partial charge in [-0.1, -0.05) is 17.7 Å². The standard InChI is InChI=1S/C15H21ClN4O.HI/c1-3-9-19-15(17-4-2)20-11-10-18-14(21)12-5-7-13(16)8-6-12;/h3,5-8H,1,4,9-11H2,2H3,(H,18,21)(H2,17,19,20);1H. The molecule has 0 spiro atoms. The molecule has 7 heteroatoms. The molecule has 0 bridgehead atoms. The van der Waals surface area contributed by atoms with Gasteiger partial charge in [-0.25, -0.2) is 0 Å². The summed E-state index contributed by atoms with van der Waals surface area (Å²) in [5.41, 5.74) is 0.583. The quantitative estimate of drug-likeness (QED) is 0.202. The summed E-state index contributed by atoms with van der Waals surface area (Å²) in [6, 6.07) is 6.77. The lowest BCUT2D eigenvalue weighted by atomic mass is 10.2. The van der Waals surface area contributed by atoms with Crippen LogP contribution in [0, 0.1) is 0 Å². The summed E-state index contributed by atoms with van der Waals surface area (Å²) in [7, 11) is 0. The molecule has 3 N–H and O–H groups in total. The molecule has 0 fully saturated rings. The lowest BCUT2D eigenvalue weighted by Crippen LogP contribution is -2.38. The number of hydrogen-bond acceptors (Lipinski definition) is 2. The molecule has 0 saturated heterocycles. The van der Waals surface area contributed by atoms with E-state index >= 15 is 0 Å². The molecule has 0 atom stereocenters. The van der Waals surface area contributed by atoms with Crippen LogP contribution in [0.25, 0.3) is 0 Å². The Kier molecular flexibility index (Phi) is 11.6. The van der Waals surface area contributed by atoms with Crippen LogP contribution >= 0.6 is 35.6 Å². The second kappa shape index (κ2) is 12.3. The molecule has 122 valence electrons. The maximum Gasteiger partial charge on any atom is 0.251 e. The van der Waals surface area contributed by atoms with E-state index in [4.69, 9.17) is 11.6 Å². The van der Waals surface area contributed by atoms with E-state index in [0.717, 1.165) is 6.54 Å². The molecule has 0 radical (unpaired) electrons. The number of benzene rings is 1. The highest BCUT2D eigenvalue weighted by Crippen LogP contribution is 2.09. The summed E-state index contributed by atoms with van der Waals surface area (Å²) in [6.45, 7) is 8.01. The molecule has 0 aliphatic rings. The van der Waals surface area contributed by atoms with Crippen LogP contribution in [0.15, 0.2) is 41.9 Å². The van der Waals surface area contributed by atoms with Crippen molar-refractivity contribution in [3.05, 3.63) is 47.5 Å². The summed E-state index contributed by atoms with van der Waals surface area (Å²) < 4.78 is 0. The summed E-state index contributed by atoms with van der Waals surface area (Å²) >= 11 is 5.78. The molecule has 1 aromatic rings. The fraction of sp³-hybridized carbons (Fsp3) is 0.333. The van der Waals surface area contributed by atoms with E-state index < -0.39 is 0 Å². The summed E-state index contributed by atoms with van der Waals surface area (Å²) in [4.78, 5) is 16.2. The van der Waals surface area contributed by atoms with E-state index in [1.165, 1.54) is 0 Å². The summed E-state index contributed by atoms with van der Waals surface area (Å²) in [5, 5.41) is 9.62. The van der Waals surface area contributed by atoms with Crippen LogP contribution in [0.1, 0.15) is 17.3 Å². The van der Waals surface area contributed by atoms with Gasteiger partial charge in [0.15, 0.2) is 5.96 Å². The highest BCUT2D eigenvalue weighted by Gasteiger charge is 2.03. The van der Waals surface area contributed by atoms with Gasteiger partial charge in [-0.05, 0) is 31.2 Å². The zero-order valence-corrected chi connectivity index (χ0v) is 15.7. The number of nitrogens with zero attached hydrogens (tertiary/aromatic N) is 1. The van der Waals surface area contributed by atoms with Crippen LogP contribution in [0.3, 0.4) is 0 Å². The number of guanidine groups is 1. The molecule has 0 saturated carbocycles. The zero-order valence-electron chi connectivity index (χ0n) is 12.6. The van der Waals surface area contributed by atoms with Gasteiger partial charge in [-0.2, -0.15) is 0 Å².